The molecule has 0 fully saturated rings. The van der Waals surface area contributed by atoms with Crippen LogP contribution in [0.15, 0.2) is 66.7 Å². The molecule has 3 aromatic rings. The molecule has 1 atom stereocenters. The molecule has 0 radical (unpaired) electrons. The van der Waals surface area contributed by atoms with Gasteiger partial charge in [0, 0.05) is 0 Å². The van der Waals surface area contributed by atoms with Crippen molar-refractivity contribution in [3.63, 3.8) is 0 Å². The number of esters is 1. The zero-order valence-corrected chi connectivity index (χ0v) is 18.5. The van der Waals surface area contributed by atoms with E-state index in [1.165, 1.54) is 44.6 Å². The number of halogens is 1. The monoisotopic (exact) mass is 453 g/mol. The molecule has 3 aromatic carbocycles. The van der Waals surface area contributed by atoms with Gasteiger partial charge in [-0.2, -0.15) is 0 Å². The number of hydrogen-bond acceptors (Lipinski definition) is 6. The van der Waals surface area contributed by atoms with Crippen molar-refractivity contribution in [3.05, 3.63) is 83.7 Å². The number of ether oxygens (including phenoxy) is 4. The van der Waals surface area contributed by atoms with E-state index in [4.69, 9.17) is 18.9 Å². The summed E-state index contributed by atoms with van der Waals surface area (Å²) in [6.07, 6.45) is -0.571. The lowest BCUT2D eigenvalue weighted by atomic mass is 10.1. The minimum absolute atomic E-state index is 0.242. The van der Waals surface area contributed by atoms with E-state index in [1.807, 2.05) is 0 Å². The standard InChI is InChI=1S/C25H24FNO6/c1-16(17-8-11-19(26)12-9-17)33-25(29)18-10-13-22(23(14-18)31-3)32-15-24(28)27-20-6-4-5-7-21(20)30-2/h4-14,16H,15H2,1-3H3,(H,27,28). The van der Waals surface area contributed by atoms with Crippen LogP contribution in [0.1, 0.15) is 28.9 Å². The van der Waals surface area contributed by atoms with Crippen molar-refractivity contribution in [3.8, 4) is 17.2 Å². The van der Waals surface area contributed by atoms with Crippen LogP contribution in [-0.2, 0) is 9.53 Å². The van der Waals surface area contributed by atoms with Crippen molar-refractivity contribution in [2.24, 2.45) is 0 Å². The fraction of sp³-hybridized carbons (Fsp3) is 0.200. The molecule has 8 heteroatoms. The predicted octanol–water partition coefficient (Wildman–Crippen LogP) is 4.78. The summed E-state index contributed by atoms with van der Waals surface area (Å²) >= 11 is 0. The SMILES string of the molecule is COc1ccccc1NC(=O)COc1ccc(C(=O)OC(C)c2ccc(F)cc2)cc1OC. The molecule has 33 heavy (non-hydrogen) atoms. The lowest BCUT2D eigenvalue weighted by molar-refractivity contribution is -0.118. The molecule has 0 spiro atoms. The number of carbonyl (C=O) groups excluding carboxylic acids is 2. The summed E-state index contributed by atoms with van der Waals surface area (Å²) in [5, 5.41) is 2.71. The van der Waals surface area contributed by atoms with Crippen LogP contribution in [-0.4, -0.2) is 32.7 Å². The van der Waals surface area contributed by atoms with Crippen molar-refractivity contribution < 1.29 is 32.9 Å². The maximum atomic E-state index is 13.1. The number of para-hydroxylation sites is 2. The van der Waals surface area contributed by atoms with Crippen LogP contribution in [0, 0.1) is 5.82 Å². The quantitative estimate of drug-likeness (QED) is 0.470. The largest absolute Gasteiger partial charge is 0.495 e. The first-order valence-corrected chi connectivity index (χ1v) is 10.1. The molecule has 0 aliphatic heterocycles. The van der Waals surface area contributed by atoms with Crippen LogP contribution in [0.4, 0.5) is 10.1 Å². The van der Waals surface area contributed by atoms with Gasteiger partial charge in [-0.25, -0.2) is 9.18 Å². The maximum absolute atomic E-state index is 13.1. The number of methoxy groups -OCH3 is 2. The number of carbonyl (C=O) groups is 2. The molecule has 3 rings (SSSR count). The number of nitrogens with one attached hydrogen (secondary N) is 1. The van der Waals surface area contributed by atoms with Crippen LogP contribution in [0.3, 0.4) is 0 Å². The van der Waals surface area contributed by atoms with Crippen LogP contribution in [0.25, 0.3) is 0 Å². The van der Waals surface area contributed by atoms with Gasteiger partial charge in [-0.1, -0.05) is 24.3 Å². The summed E-state index contributed by atoms with van der Waals surface area (Å²) < 4.78 is 34.6. The maximum Gasteiger partial charge on any atom is 0.338 e. The summed E-state index contributed by atoms with van der Waals surface area (Å²) in [6.45, 7) is 1.42. The van der Waals surface area contributed by atoms with Gasteiger partial charge in [0.15, 0.2) is 18.1 Å². The molecule has 0 saturated heterocycles. The molecule has 0 saturated carbocycles. The van der Waals surface area contributed by atoms with Crippen molar-refractivity contribution >= 4 is 17.6 Å². The van der Waals surface area contributed by atoms with Crippen LogP contribution in [0.5, 0.6) is 17.2 Å². The van der Waals surface area contributed by atoms with Crippen LogP contribution < -0.4 is 19.5 Å². The van der Waals surface area contributed by atoms with Crippen LogP contribution >= 0.6 is 0 Å². The Labute approximate surface area is 191 Å². The van der Waals surface area contributed by atoms with E-state index in [2.05, 4.69) is 5.32 Å². The number of anilines is 1. The molecule has 0 aliphatic carbocycles. The van der Waals surface area contributed by atoms with E-state index < -0.39 is 18.0 Å². The average molecular weight is 453 g/mol. The van der Waals surface area contributed by atoms with Crippen LogP contribution in [0.2, 0.25) is 0 Å². The smallest absolute Gasteiger partial charge is 0.338 e. The summed E-state index contributed by atoms with van der Waals surface area (Å²) in [6, 6.07) is 17.2. The molecule has 0 heterocycles. The van der Waals surface area contributed by atoms with Gasteiger partial charge < -0.3 is 24.3 Å². The topological polar surface area (TPSA) is 83.1 Å². The Balaban J connectivity index is 1.62. The Hall–Kier alpha value is -4.07. The zero-order valence-electron chi connectivity index (χ0n) is 18.5. The highest BCUT2D eigenvalue weighted by atomic mass is 19.1. The van der Waals surface area contributed by atoms with Gasteiger partial charge in [0.1, 0.15) is 17.7 Å². The van der Waals surface area contributed by atoms with E-state index in [1.54, 1.807) is 43.3 Å². The van der Waals surface area contributed by atoms with E-state index in [-0.39, 0.29) is 29.5 Å². The fourth-order valence-electron chi connectivity index (χ4n) is 3.02. The summed E-state index contributed by atoms with van der Waals surface area (Å²) in [7, 11) is 2.94. The molecule has 172 valence electrons. The minimum atomic E-state index is -0.578. The minimum Gasteiger partial charge on any atom is -0.495 e. The van der Waals surface area contributed by atoms with Gasteiger partial charge in [-0.05, 0) is 55.0 Å². The predicted molar refractivity (Wildman–Crippen MR) is 120 cm³/mol. The first kappa shape index (κ1) is 23.6. The van der Waals surface area contributed by atoms with Crippen molar-refractivity contribution in [1.82, 2.24) is 0 Å². The highest BCUT2D eigenvalue weighted by Crippen LogP contribution is 2.29. The first-order chi connectivity index (χ1) is 15.9. The number of rotatable bonds is 9. The second kappa shape index (κ2) is 11.0. The first-order valence-electron chi connectivity index (χ1n) is 10.1. The normalized spacial score (nSPS) is 11.3. The molecule has 0 aromatic heterocycles. The molecule has 0 bridgehead atoms. The van der Waals surface area contributed by atoms with Gasteiger partial charge >= 0.3 is 5.97 Å². The van der Waals surface area contributed by atoms with Crippen molar-refractivity contribution in [2.45, 2.75) is 13.0 Å². The highest BCUT2D eigenvalue weighted by Gasteiger charge is 2.17. The Bertz CT molecular complexity index is 1120. The number of hydrogen-bond donors (Lipinski definition) is 1. The van der Waals surface area contributed by atoms with Gasteiger partial charge in [0.05, 0.1) is 25.5 Å². The van der Waals surface area contributed by atoms with Gasteiger partial charge in [-0.3, -0.25) is 4.79 Å². The zero-order chi connectivity index (χ0) is 23.8. The Morgan fingerprint density at radius 3 is 2.30 bits per heavy atom. The summed E-state index contributed by atoms with van der Waals surface area (Å²) in [4.78, 5) is 24.8. The molecule has 1 amide bonds. The highest BCUT2D eigenvalue weighted by molar-refractivity contribution is 5.93. The number of amides is 1. The Kier molecular flexibility index (Phi) is 7.86. The summed E-state index contributed by atoms with van der Waals surface area (Å²) in [5.74, 6) is -0.251. The second-order valence-electron chi connectivity index (χ2n) is 7.00. The van der Waals surface area contributed by atoms with Gasteiger partial charge in [-0.15, -0.1) is 0 Å². The molecule has 1 unspecified atom stereocenters. The van der Waals surface area contributed by atoms with E-state index in [0.717, 1.165) is 0 Å². The Morgan fingerprint density at radius 1 is 0.909 bits per heavy atom. The lowest BCUT2D eigenvalue weighted by Crippen LogP contribution is -2.20. The van der Waals surface area contributed by atoms with Gasteiger partial charge in [0.25, 0.3) is 5.91 Å². The van der Waals surface area contributed by atoms with Crippen molar-refractivity contribution in [2.75, 3.05) is 26.1 Å². The number of benzene rings is 3. The Morgan fingerprint density at radius 2 is 1.61 bits per heavy atom. The van der Waals surface area contributed by atoms with E-state index in [9.17, 15) is 14.0 Å². The van der Waals surface area contributed by atoms with Gasteiger partial charge in [0.2, 0.25) is 0 Å². The second-order valence-corrected chi connectivity index (χ2v) is 7.00. The molecular weight excluding hydrogens is 429 g/mol. The third-order valence-electron chi connectivity index (χ3n) is 4.76. The molecule has 1 N–H and O–H groups in total. The van der Waals surface area contributed by atoms with Crippen molar-refractivity contribution in [1.29, 1.82) is 0 Å². The molecular formula is C25H24FNO6. The third kappa shape index (κ3) is 6.22. The average Bonchev–Trinajstić information content (AvgIpc) is 2.83. The third-order valence-corrected chi connectivity index (χ3v) is 4.76. The molecule has 0 aliphatic rings. The summed E-state index contributed by atoms with van der Waals surface area (Å²) in [5.41, 5.74) is 1.43. The van der Waals surface area contributed by atoms with E-state index >= 15 is 0 Å². The van der Waals surface area contributed by atoms with E-state index in [0.29, 0.717) is 17.0 Å². The molecule has 7 nitrogen and oxygen atoms in total. The fourth-order valence-corrected chi connectivity index (χ4v) is 3.02. The lowest BCUT2D eigenvalue weighted by Gasteiger charge is -2.15.